The Labute approximate surface area is 144 Å². The topological polar surface area (TPSA) is 54.5 Å². The highest BCUT2D eigenvalue weighted by atomic mass is 32.2. The van der Waals surface area contributed by atoms with Crippen LogP contribution in [0.3, 0.4) is 0 Å². The molecule has 0 amide bonds. The van der Waals surface area contributed by atoms with Crippen molar-refractivity contribution >= 4 is 21.5 Å². The number of fused-ring (bicyclic) bond motifs is 3. The fraction of sp³-hybridized carbons (Fsp3) is 0.632. The van der Waals surface area contributed by atoms with Crippen molar-refractivity contribution in [2.45, 2.75) is 46.0 Å². The second-order valence-corrected chi connectivity index (χ2v) is 10.1. The summed E-state index contributed by atoms with van der Waals surface area (Å²) in [7, 11) is -3.52. The molecule has 2 atom stereocenters. The number of carbonyl (C=O) groups is 1. The maximum Gasteiger partial charge on any atom is 0.236 e. The normalized spacial score (nSPS) is 31.3. The number of Topliss-reactive ketones (excluding diaryl/α,β-unsaturated/α-hetero) is 1. The number of sulfonamides is 1. The largest absolute Gasteiger partial charge is 0.299 e. The van der Waals surface area contributed by atoms with Gasteiger partial charge in [-0.1, -0.05) is 32.0 Å². The molecule has 24 heavy (non-hydrogen) atoms. The molecule has 1 aromatic rings. The van der Waals surface area contributed by atoms with Gasteiger partial charge in [-0.05, 0) is 48.6 Å². The second kappa shape index (κ2) is 5.07. The van der Waals surface area contributed by atoms with E-state index in [1.807, 2.05) is 24.3 Å². The average molecular weight is 347 g/mol. The first-order valence-corrected chi connectivity index (χ1v) is 10.5. The smallest absolute Gasteiger partial charge is 0.236 e. The van der Waals surface area contributed by atoms with Crippen molar-refractivity contribution in [3.63, 3.8) is 0 Å². The van der Waals surface area contributed by atoms with E-state index >= 15 is 0 Å². The number of para-hydroxylation sites is 1. The van der Waals surface area contributed by atoms with Gasteiger partial charge in [-0.3, -0.25) is 9.10 Å². The first kappa shape index (κ1) is 16.1. The highest BCUT2D eigenvalue weighted by Crippen LogP contribution is 2.64. The molecule has 1 heterocycles. The molecule has 4 rings (SSSR count). The van der Waals surface area contributed by atoms with Crippen molar-refractivity contribution in [1.82, 2.24) is 0 Å². The zero-order chi connectivity index (χ0) is 17.2. The van der Waals surface area contributed by atoms with E-state index in [4.69, 9.17) is 0 Å². The van der Waals surface area contributed by atoms with E-state index in [1.165, 1.54) is 0 Å². The Morgan fingerprint density at radius 1 is 1.25 bits per heavy atom. The molecular formula is C19H25NO3S. The third kappa shape index (κ3) is 2.03. The molecule has 130 valence electrons. The quantitative estimate of drug-likeness (QED) is 0.844. The Hall–Kier alpha value is -1.36. The zero-order valence-corrected chi connectivity index (χ0v) is 15.2. The maximum absolute atomic E-state index is 13.3. The van der Waals surface area contributed by atoms with Crippen molar-refractivity contribution in [1.29, 1.82) is 0 Å². The van der Waals surface area contributed by atoms with E-state index in [0.29, 0.717) is 18.9 Å². The van der Waals surface area contributed by atoms with E-state index < -0.39 is 15.4 Å². The first-order chi connectivity index (χ1) is 11.3. The number of nitrogens with zero attached hydrogens (tertiary/aromatic N) is 1. The molecule has 2 bridgehead atoms. The van der Waals surface area contributed by atoms with Crippen molar-refractivity contribution in [3.8, 4) is 0 Å². The molecule has 0 saturated heterocycles. The van der Waals surface area contributed by atoms with Crippen molar-refractivity contribution in [2.75, 3.05) is 16.6 Å². The minimum absolute atomic E-state index is 0.0311. The summed E-state index contributed by atoms with van der Waals surface area (Å²) in [5, 5.41) is 0. The van der Waals surface area contributed by atoms with Crippen LogP contribution >= 0.6 is 0 Å². The molecular weight excluding hydrogens is 322 g/mol. The second-order valence-electron chi connectivity index (χ2n) is 8.23. The molecule has 0 spiro atoms. The van der Waals surface area contributed by atoms with Crippen LogP contribution in [-0.4, -0.2) is 26.5 Å². The lowest BCUT2D eigenvalue weighted by Gasteiger charge is -2.39. The van der Waals surface area contributed by atoms with Crippen LogP contribution in [0.4, 0.5) is 5.69 Å². The van der Waals surface area contributed by atoms with Gasteiger partial charge in [-0.15, -0.1) is 0 Å². The fourth-order valence-corrected chi connectivity index (χ4v) is 7.63. The van der Waals surface area contributed by atoms with Gasteiger partial charge in [0.2, 0.25) is 10.0 Å². The molecule has 1 aliphatic heterocycles. The van der Waals surface area contributed by atoms with Gasteiger partial charge >= 0.3 is 0 Å². The van der Waals surface area contributed by atoms with Crippen LogP contribution in [0, 0.1) is 16.7 Å². The van der Waals surface area contributed by atoms with E-state index in [1.54, 1.807) is 4.31 Å². The molecule has 3 aliphatic rings. The summed E-state index contributed by atoms with van der Waals surface area (Å²) in [6.45, 7) is 4.71. The van der Waals surface area contributed by atoms with Gasteiger partial charge in [0.1, 0.15) is 5.78 Å². The molecule has 4 nitrogen and oxygen atoms in total. The van der Waals surface area contributed by atoms with Crippen molar-refractivity contribution in [2.24, 2.45) is 16.7 Å². The third-order valence-electron chi connectivity index (χ3n) is 6.97. The minimum atomic E-state index is -3.52. The monoisotopic (exact) mass is 347 g/mol. The number of rotatable bonds is 3. The van der Waals surface area contributed by atoms with Crippen LogP contribution in [0.2, 0.25) is 0 Å². The predicted octanol–water partition coefficient (Wildman–Crippen LogP) is 3.16. The summed E-state index contributed by atoms with van der Waals surface area (Å²) in [5.74, 6) is 0.475. The number of aryl methyl sites for hydroxylation is 1. The molecule has 2 aliphatic carbocycles. The Morgan fingerprint density at radius 2 is 2.00 bits per heavy atom. The van der Waals surface area contributed by atoms with E-state index in [0.717, 1.165) is 36.9 Å². The highest BCUT2D eigenvalue weighted by molar-refractivity contribution is 7.92. The first-order valence-electron chi connectivity index (χ1n) is 8.90. The van der Waals surface area contributed by atoms with Gasteiger partial charge in [0, 0.05) is 13.0 Å². The molecule has 0 N–H and O–H groups in total. The van der Waals surface area contributed by atoms with Crippen LogP contribution in [0.25, 0.3) is 0 Å². The Balaban J connectivity index is 1.72. The van der Waals surface area contributed by atoms with Crippen molar-refractivity contribution in [3.05, 3.63) is 29.8 Å². The lowest BCUT2D eigenvalue weighted by atomic mass is 9.70. The summed E-state index contributed by atoms with van der Waals surface area (Å²) >= 11 is 0. The summed E-state index contributed by atoms with van der Waals surface area (Å²) in [6, 6.07) is 7.74. The van der Waals surface area contributed by atoms with Gasteiger partial charge in [0.05, 0.1) is 16.9 Å². The highest BCUT2D eigenvalue weighted by Gasteiger charge is 2.65. The number of hydrogen-bond acceptors (Lipinski definition) is 3. The van der Waals surface area contributed by atoms with Crippen molar-refractivity contribution < 1.29 is 13.2 Å². The Bertz CT molecular complexity index is 799. The maximum atomic E-state index is 13.3. The third-order valence-corrected chi connectivity index (χ3v) is 8.88. The molecule has 0 radical (unpaired) electrons. The van der Waals surface area contributed by atoms with Crippen LogP contribution in [0.5, 0.6) is 0 Å². The zero-order valence-electron chi connectivity index (χ0n) is 14.4. The Morgan fingerprint density at radius 3 is 2.67 bits per heavy atom. The Kier molecular flexibility index (Phi) is 3.41. The molecule has 5 heteroatoms. The average Bonchev–Trinajstić information content (AvgIpc) is 2.88. The lowest BCUT2D eigenvalue weighted by Crippen LogP contribution is -2.47. The van der Waals surface area contributed by atoms with E-state index in [2.05, 4.69) is 13.8 Å². The van der Waals surface area contributed by atoms with Gasteiger partial charge in [-0.2, -0.15) is 0 Å². The summed E-state index contributed by atoms with van der Waals surface area (Å²) in [5.41, 5.74) is 0.985. The van der Waals surface area contributed by atoms with E-state index in [-0.39, 0.29) is 17.0 Å². The van der Waals surface area contributed by atoms with Gasteiger partial charge in [-0.25, -0.2) is 8.42 Å². The fourth-order valence-electron chi connectivity index (χ4n) is 5.29. The van der Waals surface area contributed by atoms with Crippen LogP contribution in [0.1, 0.15) is 45.1 Å². The molecule has 2 saturated carbocycles. The number of anilines is 1. The van der Waals surface area contributed by atoms with Gasteiger partial charge < -0.3 is 0 Å². The predicted molar refractivity (Wildman–Crippen MR) is 94.5 cm³/mol. The number of hydrogen-bond donors (Lipinski definition) is 0. The number of carbonyl (C=O) groups excluding carboxylic acids is 1. The SMILES string of the molecule is CC1(C)[C@H]2CC[C@@]1(CS(=O)(=O)N1CCCc3ccccc31)C(=O)C2. The summed E-state index contributed by atoms with van der Waals surface area (Å²) < 4.78 is 28.2. The summed E-state index contributed by atoms with van der Waals surface area (Å²) in [4.78, 5) is 12.7. The molecule has 1 aromatic carbocycles. The standard InChI is InChI=1S/C19H25NO3S/c1-18(2)15-9-10-19(18,17(21)12-15)13-24(22,23)20-11-5-7-14-6-3-4-8-16(14)20/h3-4,6,8,15H,5,7,9-13H2,1-2H3/t15-,19+/m0/s1. The number of ketones is 1. The number of benzene rings is 1. The lowest BCUT2D eigenvalue weighted by molar-refractivity contribution is -0.128. The molecule has 0 aromatic heterocycles. The van der Waals surface area contributed by atoms with Gasteiger partial charge in [0.25, 0.3) is 0 Å². The molecule has 0 unspecified atom stereocenters. The van der Waals surface area contributed by atoms with Crippen LogP contribution in [-0.2, 0) is 21.2 Å². The van der Waals surface area contributed by atoms with Gasteiger partial charge in [0.15, 0.2) is 0 Å². The minimum Gasteiger partial charge on any atom is -0.299 e. The summed E-state index contributed by atoms with van der Waals surface area (Å²) in [6.07, 6.45) is 4.01. The van der Waals surface area contributed by atoms with Crippen LogP contribution in [0.15, 0.2) is 24.3 Å². The van der Waals surface area contributed by atoms with Crippen LogP contribution < -0.4 is 4.31 Å². The molecule has 2 fully saturated rings. The van der Waals surface area contributed by atoms with E-state index in [9.17, 15) is 13.2 Å².